The second-order valence-electron chi connectivity index (χ2n) is 7.38. The first kappa shape index (κ1) is 23.6. The summed E-state index contributed by atoms with van der Waals surface area (Å²) in [5.41, 5.74) is 3.36. The molecule has 4 rings (SSSR count). The van der Waals surface area contributed by atoms with Gasteiger partial charge in [-0.1, -0.05) is 29.8 Å². The molecule has 0 spiro atoms. The van der Waals surface area contributed by atoms with E-state index in [-0.39, 0.29) is 18.4 Å². The lowest BCUT2D eigenvalue weighted by Crippen LogP contribution is -2.23. The fourth-order valence-electron chi connectivity index (χ4n) is 3.63. The van der Waals surface area contributed by atoms with E-state index < -0.39 is 0 Å². The van der Waals surface area contributed by atoms with Crippen molar-refractivity contribution in [1.29, 1.82) is 0 Å². The van der Waals surface area contributed by atoms with E-state index in [1.807, 2.05) is 54.0 Å². The van der Waals surface area contributed by atoms with Crippen molar-refractivity contribution >= 4 is 79.0 Å². The van der Waals surface area contributed by atoms with Gasteiger partial charge in [0.15, 0.2) is 5.17 Å². The number of para-hydroxylation sites is 1. The minimum atomic E-state index is -0.297. The second-order valence-corrected chi connectivity index (χ2v) is 9.65. The van der Waals surface area contributed by atoms with Crippen LogP contribution in [0.4, 0.5) is 5.69 Å². The predicted octanol–water partition coefficient (Wildman–Crippen LogP) is 6.16. The normalized spacial score (nSPS) is 16.4. The molecule has 0 radical (unpaired) electrons. The van der Waals surface area contributed by atoms with Gasteiger partial charge in [0.05, 0.1) is 22.2 Å². The van der Waals surface area contributed by atoms with Gasteiger partial charge in [0, 0.05) is 33.7 Å². The Balaban J connectivity index is 1.73. The summed E-state index contributed by atoms with van der Waals surface area (Å²) in [5.74, 6) is -0.433. The van der Waals surface area contributed by atoms with Gasteiger partial charge in [-0.15, -0.1) is 0 Å². The van der Waals surface area contributed by atoms with E-state index >= 15 is 0 Å². The van der Waals surface area contributed by atoms with Gasteiger partial charge >= 0.3 is 5.97 Å². The van der Waals surface area contributed by atoms with E-state index in [1.165, 1.54) is 16.7 Å². The maximum atomic E-state index is 13.0. The van der Waals surface area contributed by atoms with Crippen LogP contribution in [0, 0.1) is 6.92 Å². The number of aliphatic imine (C=N–C) groups is 1. The molecule has 0 aliphatic carbocycles. The number of hydrogen-bond acceptors (Lipinski definition) is 5. The molecule has 0 bridgehead atoms. The molecule has 1 saturated heterocycles. The zero-order valence-corrected chi connectivity index (χ0v) is 21.4. The molecular formula is C24H21BrClN3O3S. The van der Waals surface area contributed by atoms with Gasteiger partial charge in [0.2, 0.25) is 0 Å². The summed E-state index contributed by atoms with van der Waals surface area (Å²) in [6, 6.07) is 13.2. The van der Waals surface area contributed by atoms with E-state index in [2.05, 4.69) is 20.9 Å². The molecule has 170 valence electrons. The number of hydrogen-bond donors (Lipinski definition) is 0. The Kier molecular flexibility index (Phi) is 6.97. The fourth-order valence-corrected chi connectivity index (χ4v) is 5.02. The minimum Gasteiger partial charge on any atom is -0.465 e. The van der Waals surface area contributed by atoms with Crippen LogP contribution in [-0.4, -0.2) is 40.2 Å². The van der Waals surface area contributed by atoms with Gasteiger partial charge in [-0.3, -0.25) is 14.5 Å². The van der Waals surface area contributed by atoms with Crippen LogP contribution in [0.2, 0.25) is 5.02 Å². The molecule has 6 nitrogen and oxygen atoms in total. The number of carbonyl (C=O) groups excluding carboxylic acids is 2. The molecule has 1 aromatic heterocycles. The molecule has 1 aliphatic heterocycles. The summed E-state index contributed by atoms with van der Waals surface area (Å²) in [5, 5.41) is 2.08. The van der Waals surface area contributed by atoms with E-state index in [4.69, 9.17) is 16.3 Å². The van der Waals surface area contributed by atoms with Crippen LogP contribution in [0.3, 0.4) is 0 Å². The Morgan fingerprint density at radius 3 is 2.76 bits per heavy atom. The largest absolute Gasteiger partial charge is 0.465 e. The van der Waals surface area contributed by atoms with E-state index in [9.17, 15) is 9.59 Å². The molecule has 1 amide bonds. The highest BCUT2D eigenvalue weighted by Gasteiger charge is 2.31. The Morgan fingerprint density at radius 1 is 1.27 bits per heavy atom. The van der Waals surface area contributed by atoms with E-state index in [1.54, 1.807) is 20.0 Å². The number of aromatic nitrogens is 1. The first-order chi connectivity index (χ1) is 15.8. The Morgan fingerprint density at radius 2 is 2.03 bits per heavy atom. The van der Waals surface area contributed by atoms with Gasteiger partial charge in [0.25, 0.3) is 5.91 Å². The van der Waals surface area contributed by atoms with Crippen molar-refractivity contribution in [2.24, 2.45) is 4.99 Å². The van der Waals surface area contributed by atoms with Crippen LogP contribution in [0.1, 0.15) is 18.2 Å². The molecule has 0 N–H and O–H groups in total. The van der Waals surface area contributed by atoms with Crippen molar-refractivity contribution in [3.8, 4) is 0 Å². The maximum absolute atomic E-state index is 13.0. The number of halogens is 2. The molecular weight excluding hydrogens is 526 g/mol. The molecule has 33 heavy (non-hydrogen) atoms. The fraction of sp³-hybridized carbons (Fsp3) is 0.208. The summed E-state index contributed by atoms with van der Waals surface area (Å²) < 4.78 is 7.85. The zero-order valence-electron chi connectivity index (χ0n) is 18.3. The topological polar surface area (TPSA) is 63.9 Å². The molecule has 2 aromatic carbocycles. The SMILES string of the molecule is CCOC(=O)Cn1c(C)c(/C=C2/SC(=Nc3ccc(Br)c(Cl)c3)N(C)C2=O)c2ccccc21. The zero-order chi connectivity index (χ0) is 23.7. The van der Waals surface area contributed by atoms with Crippen LogP contribution in [0.25, 0.3) is 17.0 Å². The van der Waals surface area contributed by atoms with Crippen LogP contribution in [0.5, 0.6) is 0 Å². The molecule has 0 saturated carbocycles. The highest BCUT2D eigenvalue weighted by Crippen LogP contribution is 2.37. The van der Waals surface area contributed by atoms with Gasteiger partial charge < -0.3 is 9.30 Å². The Bertz CT molecular complexity index is 1330. The summed E-state index contributed by atoms with van der Waals surface area (Å²) >= 11 is 10.9. The minimum absolute atomic E-state index is 0.112. The average molecular weight is 547 g/mol. The average Bonchev–Trinajstić information content (AvgIpc) is 3.20. The van der Waals surface area contributed by atoms with Crippen molar-refractivity contribution in [1.82, 2.24) is 9.47 Å². The molecule has 1 aliphatic rings. The van der Waals surface area contributed by atoms with Crippen LogP contribution >= 0.6 is 39.3 Å². The lowest BCUT2D eigenvalue weighted by Gasteiger charge is -2.08. The summed E-state index contributed by atoms with van der Waals surface area (Å²) in [6.07, 6.45) is 1.87. The molecule has 0 atom stereocenters. The molecule has 9 heteroatoms. The monoisotopic (exact) mass is 545 g/mol. The van der Waals surface area contributed by atoms with Gasteiger partial charge in [0.1, 0.15) is 6.54 Å². The lowest BCUT2D eigenvalue weighted by molar-refractivity contribution is -0.143. The molecule has 2 heterocycles. The highest BCUT2D eigenvalue weighted by atomic mass is 79.9. The number of amides is 1. The summed E-state index contributed by atoms with van der Waals surface area (Å²) in [6.45, 7) is 4.17. The summed E-state index contributed by atoms with van der Waals surface area (Å²) in [7, 11) is 1.70. The van der Waals surface area contributed by atoms with Crippen LogP contribution < -0.4 is 0 Å². The second kappa shape index (κ2) is 9.75. The number of amidine groups is 1. The smallest absolute Gasteiger partial charge is 0.325 e. The number of likely N-dealkylation sites (N-methyl/N-ethyl adjacent to an activating group) is 1. The van der Waals surface area contributed by atoms with E-state index in [0.717, 1.165) is 26.6 Å². The molecule has 1 fully saturated rings. The quantitative estimate of drug-likeness (QED) is 0.284. The number of nitrogens with zero attached hydrogens (tertiary/aromatic N) is 3. The van der Waals surface area contributed by atoms with Gasteiger partial charge in [-0.2, -0.15) is 0 Å². The van der Waals surface area contributed by atoms with Crippen molar-refractivity contribution in [2.45, 2.75) is 20.4 Å². The Hall–Kier alpha value is -2.55. The third-order valence-electron chi connectivity index (χ3n) is 5.28. The highest BCUT2D eigenvalue weighted by molar-refractivity contribution is 9.10. The Labute approximate surface area is 209 Å². The number of carbonyl (C=O) groups is 2. The number of fused-ring (bicyclic) bond motifs is 1. The number of ether oxygens (including phenoxy) is 1. The molecule has 0 unspecified atom stereocenters. The third kappa shape index (κ3) is 4.74. The lowest BCUT2D eigenvalue weighted by atomic mass is 10.1. The van der Waals surface area contributed by atoms with Crippen molar-refractivity contribution in [3.05, 3.63) is 68.1 Å². The van der Waals surface area contributed by atoms with Crippen LogP contribution in [-0.2, 0) is 20.9 Å². The molecule has 3 aromatic rings. The van der Waals surface area contributed by atoms with Crippen molar-refractivity contribution < 1.29 is 14.3 Å². The first-order valence-electron chi connectivity index (χ1n) is 10.2. The first-order valence-corrected chi connectivity index (χ1v) is 12.2. The van der Waals surface area contributed by atoms with Crippen LogP contribution in [0.15, 0.2) is 56.8 Å². The number of benzene rings is 2. The van der Waals surface area contributed by atoms with Crippen molar-refractivity contribution in [3.63, 3.8) is 0 Å². The van der Waals surface area contributed by atoms with E-state index in [0.29, 0.717) is 27.4 Å². The number of thioether (sulfide) groups is 1. The van der Waals surface area contributed by atoms with Gasteiger partial charge in [-0.25, -0.2) is 4.99 Å². The summed E-state index contributed by atoms with van der Waals surface area (Å²) in [4.78, 5) is 31.8. The number of rotatable bonds is 5. The predicted molar refractivity (Wildman–Crippen MR) is 138 cm³/mol. The maximum Gasteiger partial charge on any atom is 0.325 e. The van der Waals surface area contributed by atoms with Gasteiger partial charge in [-0.05, 0) is 71.9 Å². The van der Waals surface area contributed by atoms with Crippen molar-refractivity contribution in [2.75, 3.05) is 13.7 Å². The third-order valence-corrected chi connectivity index (χ3v) is 7.57. The standard InChI is InChI=1S/C24H21BrClN3O3S/c1-4-32-22(30)13-29-14(2)17(16-7-5-6-8-20(16)29)12-21-23(31)28(3)24(33-21)27-15-9-10-18(25)19(26)11-15/h5-12H,4,13H2,1-3H3/b21-12+,27-24?. The number of esters is 1.